The summed E-state index contributed by atoms with van der Waals surface area (Å²) in [5, 5.41) is 2.86. The first-order valence-electron chi connectivity index (χ1n) is 10.4. The Morgan fingerprint density at radius 1 is 0.969 bits per heavy atom. The Bertz CT molecular complexity index is 1200. The topological polar surface area (TPSA) is 75.7 Å². The van der Waals surface area contributed by atoms with Crippen LogP contribution >= 0.6 is 0 Å². The zero-order chi connectivity index (χ0) is 23.3. The van der Waals surface area contributed by atoms with Crippen molar-refractivity contribution in [2.45, 2.75) is 27.3 Å². The quantitative estimate of drug-likeness (QED) is 0.526. The van der Waals surface area contributed by atoms with E-state index in [1.807, 2.05) is 57.2 Å². The van der Waals surface area contributed by atoms with E-state index in [1.54, 1.807) is 30.3 Å². The van der Waals surface area contributed by atoms with Gasteiger partial charge < -0.3 is 10.1 Å². The number of carbonyl (C=O) groups excluding carboxylic acids is 1. The molecule has 0 unspecified atom stereocenters. The number of anilines is 2. The number of nitrogens with zero attached hydrogens (tertiary/aromatic N) is 1. The van der Waals surface area contributed by atoms with E-state index in [-0.39, 0.29) is 12.5 Å². The number of carbonyl (C=O) groups is 1. The van der Waals surface area contributed by atoms with Crippen LogP contribution in [0.3, 0.4) is 0 Å². The molecule has 0 saturated carbocycles. The van der Waals surface area contributed by atoms with E-state index in [0.717, 1.165) is 16.7 Å². The average Bonchev–Trinajstić information content (AvgIpc) is 2.75. The van der Waals surface area contributed by atoms with Crippen molar-refractivity contribution in [2.24, 2.45) is 0 Å². The molecule has 3 aromatic rings. The number of benzene rings is 3. The first kappa shape index (κ1) is 23.3. The Labute approximate surface area is 189 Å². The lowest BCUT2D eigenvalue weighted by molar-refractivity contribution is 0.102. The molecule has 6 nitrogen and oxygen atoms in total. The Morgan fingerprint density at radius 3 is 2.28 bits per heavy atom. The Kier molecular flexibility index (Phi) is 7.20. The maximum absolute atomic E-state index is 12.7. The fourth-order valence-electron chi connectivity index (χ4n) is 3.27. The normalized spacial score (nSPS) is 11.1. The molecule has 0 aliphatic carbocycles. The summed E-state index contributed by atoms with van der Waals surface area (Å²) in [7, 11) is -3.47. The van der Waals surface area contributed by atoms with E-state index >= 15 is 0 Å². The van der Waals surface area contributed by atoms with Crippen molar-refractivity contribution in [3.63, 3.8) is 0 Å². The molecule has 0 saturated heterocycles. The van der Waals surface area contributed by atoms with Crippen molar-refractivity contribution in [3.8, 4) is 5.75 Å². The number of sulfonamides is 1. The van der Waals surface area contributed by atoms with Gasteiger partial charge in [-0.15, -0.1) is 0 Å². The van der Waals surface area contributed by atoms with E-state index in [0.29, 0.717) is 29.3 Å². The summed E-state index contributed by atoms with van der Waals surface area (Å²) in [5.74, 6) is 0.260. The molecule has 3 rings (SSSR count). The third-order valence-electron chi connectivity index (χ3n) is 5.15. The highest BCUT2D eigenvalue weighted by Gasteiger charge is 2.19. The van der Waals surface area contributed by atoms with Crippen LogP contribution in [0.1, 0.15) is 34.0 Å². The van der Waals surface area contributed by atoms with Crippen LogP contribution in [0.25, 0.3) is 0 Å². The van der Waals surface area contributed by atoms with Crippen molar-refractivity contribution >= 4 is 27.3 Å². The predicted molar refractivity (Wildman–Crippen MR) is 129 cm³/mol. The van der Waals surface area contributed by atoms with Gasteiger partial charge in [0.05, 0.1) is 30.7 Å². The van der Waals surface area contributed by atoms with Gasteiger partial charge in [-0.2, -0.15) is 0 Å². The lowest BCUT2D eigenvalue weighted by atomic mass is 10.1. The second-order valence-corrected chi connectivity index (χ2v) is 9.53. The molecule has 0 radical (unpaired) electrons. The van der Waals surface area contributed by atoms with E-state index < -0.39 is 10.0 Å². The van der Waals surface area contributed by atoms with E-state index in [2.05, 4.69) is 5.32 Å². The van der Waals surface area contributed by atoms with Gasteiger partial charge in [0.25, 0.3) is 5.91 Å². The predicted octanol–water partition coefficient (Wildman–Crippen LogP) is 4.92. The monoisotopic (exact) mass is 452 g/mol. The van der Waals surface area contributed by atoms with Crippen molar-refractivity contribution in [3.05, 3.63) is 89.0 Å². The smallest absolute Gasteiger partial charge is 0.259 e. The molecule has 0 fully saturated rings. The number of hydrogen-bond acceptors (Lipinski definition) is 4. The summed E-state index contributed by atoms with van der Waals surface area (Å²) in [5.41, 5.74) is 4.63. The highest BCUT2D eigenvalue weighted by Crippen LogP contribution is 2.24. The summed E-state index contributed by atoms with van der Waals surface area (Å²) in [6.07, 6.45) is 1.20. The summed E-state index contributed by atoms with van der Waals surface area (Å²) in [6.45, 7) is 6.48. The van der Waals surface area contributed by atoms with Gasteiger partial charge in [-0.25, -0.2) is 8.42 Å². The number of nitrogens with one attached hydrogen (secondary N) is 1. The SMILES string of the molecule is CCOc1ccccc1C(=O)Nc1ccc(CN(c2ccc(C)c(C)c2)S(C)(=O)=O)cc1. The third-order valence-corrected chi connectivity index (χ3v) is 6.29. The number of amides is 1. The highest BCUT2D eigenvalue weighted by molar-refractivity contribution is 7.92. The molecular weight excluding hydrogens is 424 g/mol. The zero-order valence-electron chi connectivity index (χ0n) is 18.8. The second-order valence-electron chi connectivity index (χ2n) is 7.62. The lowest BCUT2D eigenvalue weighted by Crippen LogP contribution is -2.29. The van der Waals surface area contributed by atoms with Crippen LogP contribution in [0.5, 0.6) is 5.75 Å². The number of para-hydroxylation sites is 1. The molecule has 0 heterocycles. The molecule has 0 bridgehead atoms. The summed E-state index contributed by atoms with van der Waals surface area (Å²) in [4.78, 5) is 12.7. The molecule has 0 spiro atoms. The van der Waals surface area contributed by atoms with E-state index in [9.17, 15) is 13.2 Å². The fraction of sp³-hybridized carbons (Fsp3) is 0.240. The molecule has 32 heavy (non-hydrogen) atoms. The van der Waals surface area contributed by atoms with Gasteiger partial charge in [0, 0.05) is 5.69 Å². The number of aryl methyl sites for hydroxylation is 2. The van der Waals surface area contributed by atoms with Crippen molar-refractivity contribution in [1.29, 1.82) is 0 Å². The van der Waals surface area contributed by atoms with Crippen LogP contribution in [0.15, 0.2) is 66.7 Å². The molecule has 1 N–H and O–H groups in total. The van der Waals surface area contributed by atoms with Crippen molar-refractivity contribution in [1.82, 2.24) is 0 Å². The van der Waals surface area contributed by atoms with Gasteiger partial charge in [0.15, 0.2) is 0 Å². The number of hydrogen-bond donors (Lipinski definition) is 1. The van der Waals surface area contributed by atoms with Crippen LogP contribution in [0.2, 0.25) is 0 Å². The number of ether oxygens (including phenoxy) is 1. The van der Waals surface area contributed by atoms with E-state index in [1.165, 1.54) is 10.6 Å². The highest BCUT2D eigenvalue weighted by atomic mass is 32.2. The minimum atomic E-state index is -3.47. The van der Waals surface area contributed by atoms with Gasteiger partial charge in [-0.1, -0.05) is 30.3 Å². The maximum Gasteiger partial charge on any atom is 0.259 e. The Balaban J connectivity index is 1.77. The largest absolute Gasteiger partial charge is 0.493 e. The van der Waals surface area contributed by atoms with Crippen molar-refractivity contribution in [2.75, 3.05) is 22.5 Å². The van der Waals surface area contributed by atoms with Gasteiger partial charge in [0.2, 0.25) is 10.0 Å². The number of rotatable bonds is 8. The molecule has 1 amide bonds. The average molecular weight is 453 g/mol. The first-order valence-corrected chi connectivity index (χ1v) is 12.2. The van der Waals surface area contributed by atoms with Crippen LogP contribution in [-0.2, 0) is 16.6 Å². The molecule has 7 heteroatoms. The molecule has 0 aliphatic heterocycles. The summed E-state index contributed by atoms with van der Waals surface area (Å²) < 4.78 is 31.8. The third kappa shape index (κ3) is 5.68. The van der Waals surface area contributed by atoms with Crippen LogP contribution in [0.4, 0.5) is 11.4 Å². The standard InChI is InChI=1S/C25H28N2O4S/c1-5-31-24-9-7-6-8-23(24)25(28)26-21-13-11-20(12-14-21)17-27(32(4,29)30)22-15-10-18(2)19(3)16-22/h6-16H,5,17H2,1-4H3,(H,26,28). The maximum atomic E-state index is 12.7. The van der Waals surface area contributed by atoms with Gasteiger partial charge >= 0.3 is 0 Å². The minimum Gasteiger partial charge on any atom is -0.493 e. The zero-order valence-corrected chi connectivity index (χ0v) is 19.6. The molecule has 0 atom stereocenters. The first-order chi connectivity index (χ1) is 15.2. The lowest BCUT2D eigenvalue weighted by Gasteiger charge is -2.23. The van der Waals surface area contributed by atoms with E-state index in [4.69, 9.17) is 4.74 Å². The Hall–Kier alpha value is -3.32. The van der Waals surface area contributed by atoms with Gasteiger partial charge in [-0.3, -0.25) is 9.10 Å². The minimum absolute atomic E-state index is 0.197. The fourth-order valence-corrected chi connectivity index (χ4v) is 4.15. The van der Waals surface area contributed by atoms with Crippen LogP contribution < -0.4 is 14.4 Å². The Morgan fingerprint density at radius 2 is 1.66 bits per heavy atom. The van der Waals surface area contributed by atoms with Gasteiger partial charge in [0.1, 0.15) is 5.75 Å². The summed E-state index contributed by atoms with van der Waals surface area (Å²) >= 11 is 0. The molecule has 0 aliphatic rings. The molecule has 3 aromatic carbocycles. The second kappa shape index (κ2) is 9.87. The van der Waals surface area contributed by atoms with Crippen molar-refractivity contribution < 1.29 is 17.9 Å². The van der Waals surface area contributed by atoms with Crippen LogP contribution in [-0.4, -0.2) is 27.2 Å². The molecule has 0 aromatic heterocycles. The molecule has 168 valence electrons. The van der Waals surface area contributed by atoms with Crippen LogP contribution in [0, 0.1) is 13.8 Å². The summed E-state index contributed by atoms with van der Waals surface area (Å²) in [6, 6.07) is 19.8. The molecular formula is C25H28N2O4S. The van der Waals surface area contributed by atoms with Gasteiger partial charge in [-0.05, 0) is 73.9 Å².